The van der Waals surface area contributed by atoms with Crippen molar-refractivity contribution in [1.29, 1.82) is 0 Å². The van der Waals surface area contributed by atoms with E-state index in [1.165, 1.54) is 0 Å². The fraction of sp³-hybridized carbons (Fsp3) is 0.375. The molecule has 0 saturated heterocycles. The second-order valence-electron chi connectivity index (χ2n) is 4.78. The maximum absolute atomic E-state index is 11.3. The molecule has 112 valence electrons. The van der Waals surface area contributed by atoms with Crippen LogP contribution in [-0.4, -0.2) is 35.8 Å². The van der Waals surface area contributed by atoms with E-state index < -0.39 is 5.97 Å². The van der Waals surface area contributed by atoms with Gasteiger partial charge in [0.2, 0.25) is 0 Å². The number of nitrogens with zero attached hydrogens (tertiary/aromatic N) is 1. The Labute approximate surface area is 124 Å². The Morgan fingerprint density at radius 2 is 2.14 bits per heavy atom. The first-order chi connectivity index (χ1) is 10.2. The van der Waals surface area contributed by atoms with Gasteiger partial charge in [0.1, 0.15) is 11.4 Å². The number of hydrogen-bond donors (Lipinski definition) is 2. The fourth-order valence-electron chi connectivity index (χ4n) is 2.00. The maximum Gasteiger partial charge on any atom is 0.339 e. The van der Waals surface area contributed by atoms with Crippen molar-refractivity contribution in [3.8, 4) is 0 Å². The van der Waals surface area contributed by atoms with Gasteiger partial charge in [-0.3, -0.25) is 0 Å². The van der Waals surface area contributed by atoms with Gasteiger partial charge in [0.15, 0.2) is 0 Å². The molecule has 0 aliphatic heterocycles. The van der Waals surface area contributed by atoms with Gasteiger partial charge in [-0.2, -0.15) is 0 Å². The number of aromatic nitrogens is 1. The van der Waals surface area contributed by atoms with Crippen LogP contribution in [0.1, 0.15) is 30.1 Å². The van der Waals surface area contributed by atoms with Crippen LogP contribution in [0, 0.1) is 0 Å². The number of carboxylic acid groups (broad SMARTS) is 1. The van der Waals surface area contributed by atoms with Gasteiger partial charge in [0.25, 0.3) is 0 Å². The highest BCUT2D eigenvalue weighted by Crippen LogP contribution is 2.20. The second-order valence-corrected chi connectivity index (χ2v) is 4.78. The summed E-state index contributed by atoms with van der Waals surface area (Å²) in [5, 5.41) is 13.2. The summed E-state index contributed by atoms with van der Waals surface area (Å²) < 4.78 is 5.45. The summed E-state index contributed by atoms with van der Waals surface area (Å²) in [5.74, 6) is -0.594. The minimum absolute atomic E-state index is 0.183. The van der Waals surface area contributed by atoms with Gasteiger partial charge >= 0.3 is 5.97 Å². The summed E-state index contributed by atoms with van der Waals surface area (Å²) in [7, 11) is 0. The Balaban J connectivity index is 2.06. The number of para-hydroxylation sites is 1. The number of carbonyl (C=O) groups is 1. The molecule has 0 atom stereocenters. The van der Waals surface area contributed by atoms with Gasteiger partial charge in [-0.1, -0.05) is 31.5 Å². The van der Waals surface area contributed by atoms with E-state index >= 15 is 0 Å². The predicted octanol–water partition coefficient (Wildman–Crippen LogP) is 3.16. The molecule has 5 heteroatoms. The number of hydrogen-bond acceptors (Lipinski definition) is 4. The second kappa shape index (κ2) is 7.59. The Bertz CT molecular complexity index is 613. The van der Waals surface area contributed by atoms with E-state index in [0.717, 1.165) is 30.4 Å². The van der Waals surface area contributed by atoms with E-state index in [9.17, 15) is 9.90 Å². The number of unbranched alkanes of at least 4 members (excludes halogenated alkanes) is 1. The smallest absolute Gasteiger partial charge is 0.339 e. The molecule has 1 aromatic carbocycles. The van der Waals surface area contributed by atoms with Crippen molar-refractivity contribution in [3.63, 3.8) is 0 Å². The molecule has 0 saturated carbocycles. The van der Waals surface area contributed by atoms with Crippen LogP contribution in [0.4, 0.5) is 5.82 Å². The zero-order chi connectivity index (χ0) is 15.1. The molecule has 2 N–H and O–H groups in total. The molecule has 0 amide bonds. The van der Waals surface area contributed by atoms with Gasteiger partial charge in [0.05, 0.1) is 12.1 Å². The quantitative estimate of drug-likeness (QED) is 0.730. The third-order valence-electron chi connectivity index (χ3n) is 3.14. The van der Waals surface area contributed by atoms with Crippen molar-refractivity contribution in [1.82, 2.24) is 4.98 Å². The molecule has 2 rings (SSSR count). The van der Waals surface area contributed by atoms with Gasteiger partial charge < -0.3 is 15.2 Å². The lowest BCUT2D eigenvalue weighted by Gasteiger charge is -2.10. The number of rotatable bonds is 8. The third kappa shape index (κ3) is 4.16. The molecule has 0 spiro atoms. The largest absolute Gasteiger partial charge is 0.478 e. The minimum Gasteiger partial charge on any atom is -0.478 e. The number of nitrogens with one attached hydrogen (secondary N) is 1. The number of benzene rings is 1. The lowest BCUT2D eigenvalue weighted by molar-refractivity contribution is 0.0697. The van der Waals surface area contributed by atoms with Crippen LogP contribution in [0.5, 0.6) is 0 Å². The molecular weight excluding hydrogens is 268 g/mol. The van der Waals surface area contributed by atoms with E-state index in [-0.39, 0.29) is 5.56 Å². The van der Waals surface area contributed by atoms with Crippen molar-refractivity contribution < 1.29 is 14.6 Å². The summed E-state index contributed by atoms with van der Waals surface area (Å²) in [4.78, 5) is 15.7. The number of fused-ring (bicyclic) bond motifs is 1. The van der Waals surface area contributed by atoms with Crippen LogP contribution in [0.2, 0.25) is 0 Å². The van der Waals surface area contributed by atoms with Gasteiger partial charge in [0, 0.05) is 18.5 Å². The van der Waals surface area contributed by atoms with Crippen LogP contribution in [0.25, 0.3) is 10.9 Å². The first-order valence-electron chi connectivity index (χ1n) is 7.17. The summed E-state index contributed by atoms with van der Waals surface area (Å²) in [5.41, 5.74) is 0.958. The van der Waals surface area contributed by atoms with E-state index in [1.807, 2.05) is 24.3 Å². The molecule has 0 unspecified atom stereocenters. The number of ether oxygens (including phenoxy) is 1. The van der Waals surface area contributed by atoms with Crippen LogP contribution in [-0.2, 0) is 4.74 Å². The molecule has 5 nitrogen and oxygen atoms in total. The number of aromatic carboxylic acids is 1. The predicted molar refractivity (Wildman–Crippen MR) is 82.9 cm³/mol. The topological polar surface area (TPSA) is 71.5 Å². The number of pyridine rings is 1. The third-order valence-corrected chi connectivity index (χ3v) is 3.14. The minimum atomic E-state index is -0.984. The maximum atomic E-state index is 11.3. The number of anilines is 1. The molecule has 1 aromatic heterocycles. The average molecular weight is 288 g/mol. The summed E-state index contributed by atoms with van der Waals surface area (Å²) >= 11 is 0. The molecule has 0 radical (unpaired) electrons. The SMILES string of the molecule is CCCCOCCNc1nc2ccccc2cc1C(=O)O. The van der Waals surface area contributed by atoms with Crippen molar-refractivity contribution >= 4 is 22.7 Å². The van der Waals surface area contributed by atoms with Crippen molar-refractivity contribution in [2.24, 2.45) is 0 Å². The van der Waals surface area contributed by atoms with E-state index in [1.54, 1.807) is 6.07 Å². The van der Waals surface area contributed by atoms with Crippen molar-refractivity contribution in [3.05, 3.63) is 35.9 Å². The molecule has 0 fully saturated rings. The Hall–Kier alpha value is -2.14. The average Bonchev–Trinajstić information content (AvgIpc) is 2.49. The Kier molecular flexibility index (Phi) is 5.51. The summed E-state index contributed by atoms with van der Waals surface area (Å²) in [6.07, 6.45) is 2.14. The first-order valence-corrected chi connectivity index (χ1v) is 7.17. The first kappa shape index (κ1) is 15.3. The van der Waals surface area contributed by atoms with E-state index in [4.69, 9.17) is 4.74 Å². The van der Waals surface area contributed by atoms with E-state index in [2.05, 4.69) is 17.2 Å². The molecule has 0 aliphatic carbocycles. The van der Waals surface area contributed by atoms with Crippen LogP contribution in [0.3, 0.4) is 0 Å². The van der Waals surface area contributed by atoms with Crippen LogP contribution in [0.15, 0.2) is 30.3 Å². The van der Waals surface area contributed by atoms with Gasteiger partial charge in [-0.25, -0.2) is 9.78 Å². The Morgan fingerprint density at radius 3 is 2.90 bits per heavy atom. The Morgan fingerprint density at radius 1 is 1.33 bits per heavy atom. The van der Waals surface area contributed by atoms with Gasteiger partial charge in [-0.05, 0) is 18.6 Å². The highest BCUT2D eigenvalue weighted by molar-refractivity contribution is 5.98. The number of carboxylic acids is 1. The van der Waals surface area contributed by atoms with Gasteiger partial charge in [-0.15, -0.1) is 0 Å². The molecule has 21 heavy (non-hydrogen) atoms. The lowest BCUT2D eigenvalue weighted by atomic mass is 10.1. The molecule has 0 aliphatic rings. The monoisotopic (exact) mass is 288 g/mol. The van der Waals surface area contributed by atoms with E-state index in [0.29, 0.717) is 19.0 Å². The fourth-order valence-corrected chi connectivity index (χ4v) is 2.00. The summed E-state index contributed by atoms with van der Waals surface area (Å²) in [6, 6.07) is 9.11. The zero-order valence-electron chi connectivity index (χ0n) is 12.1. The molecular formula is C16H20N2O3. The van der Waals surface area contributed by atoms with Crippen molar-refractivity contribution in [2.45, 2.75) is 19.8 Å². The molecule has 2 aromatic rings. The highest BCUT2D eigenvalue weighted by atomic mass is 16.5. The lowest BCUT2D eigenvalue weighted by Crippen LogP contribution is -2.14. The highest BCUT2D eigenvalue weighted by Gasteiger charge is 2.12. The molecule has 0 bridgehead atoms. The van der Waals surface area contributed by atoms with Crippen LogP contribution >= 0.6 is 0 Å². The van der Waals surface area contributed by atoms with Crippen LogP contribution < -0.4 is 5.32 Å². The van der Waals surface area contributed by atoms with Crippen molar-refractivity contribution in [2.75, 3.05) is 25.1 Å². The zero-order valence-corrected chi connectivity index (χ0v) is 12.1. The summed E-state index contributed by atoms with van der Waals surface area (Å²) in [6.45, 7) is 3.91. The standard InChI is InChI=1S/C16H20N2O3/c1-2-3-9-21-10-8-17-15-13(16(19)20)11-12-6-4-5-7-14(12)18-15/h4-7,11H,2-3,8-10H2,1H3,(H,17,18)(H,19,20). The molecule has 1 heterocycles. The normalized spacial score (nSPS) is 10.7.